The van der Waals surface area contributed by atoms with E-state index in [1.54, 1.807) is 76.2 Å². The lowest BCUT2D eigenvalue weighted by atomic mass is 10.0. The Bertz CT molecular complexity index is 4260. The molecule has 27 heteroatoms. The third-order valence-corrected chi connectivity index (χ3v) is 13.9. The number of carboxylic acids is 1. The molecule has 0 spiro atoms. The van der Waals surface area contributed by atoms with Gasteiger partial charge in [0.1, 0.15) is 43.7 Å². The number of rotatable bonds is 12. The lowest BCUT2D eigenvalue weighted by Gasteiger charge is -2.15. The molecule has 0 unspecified atom stereocenters. The number of alkyl halides is 3. The van der Waals surface area contributed by atoms with Gasteiger partial charge in [-0.3, -0.25) is 19.6 Å². The first kappa shape index (κ1) is 64.5. The smallest absolute Gasteiger partial charge is 0.524 e. The molecule has 0 aliphatic rings. The van der Waals surface area contributed by atoms with Crippen molar-refractivity contribution >= 4 is 93.3 Å². The topological polar surface area (TPSA) is 315 Å². The number of para-hydroxylation sites is 2. The number of phosphoric ester groups is 2. The first-order valence-corrected chi connectivity index (χ1v) is 28.5. The van der Waals surface area contributed by atoms with Crippen LogP contribution < -0.4 is 27.7 Å². The Morgan fingerprint density at radius 3 is 1.24 bits per heavy atom. The molecule has 0 saturated heterocycles. The van der Waals surface area contributed by atoms with Crippen molar-refractivity contribution in [1.82, 2.24) is 0 Å². The van der Waals surface area contributed by atoms with Crippen molar-refractivity contribution in [3.05, 3.63) is 190 Å². The minimum atomic E-state index is -6.09. The molecule has 9 aromatic rings. The minimum absolute atomic E-state index is 0. The van der Waals surface area contributed by atoms with Crippen molar-refractivity contribution in [3.63, 3.8) is 0 Å². The number of nitrogens with zero attached hydrogens (tertiary/aromatic N) is 2. The summed E-state index contributed by atoms with van der Waals surface area (Å²) in [4.78, 5) is 88.5. The van der Waals surface area contributed by atoms with Crippen molar-refractivity contribution in [2.75, 3.05) is 0 Å². The van der Waals surface area contributed by atoms with Gasteiger partial charge in [-0.15, -0.1) is 0 Å². The Kier molecular flexibility index (Phi) is 19.6. The number of carbonyl (C=O) groups excluding carboxylic acids is 3. The molecule has 9 rings (SSSR count). The van der Waals surface area contributed by atoms with Gasteiger partial charge in [0, 0.05) is 24.3 Å². The average molecular weight is 1220 g/mol. The zero-order valence-electron chi connectivity index (χ0n) is 44.3. The van der Waals surface area contributed by atoms with E-state index in [2.05, 4.69) is 0 Å². The van der Waals surface area contributed by atoms with E-state index in [0.29, 0.717) is 66.1 Å². The molecule has 2 aromatic heterocycles. The van der Waals surface area contributed by atoms with Crippen LogP contribution >= 0.6 is 15.6 Å². The van der Waals surface area contributed by atoms with Gasteiger partial charge in [0.2, 0.25) is 22.1 Å². The Morgan fingerprint density at radius 2 is 0.881 bits per heavy atom. The molecule has 7 aromatic carbocycles. The van der Waals surface area contributed by atoms with Crippen LogP contribution in [0.2, 0.25) is 0 Å². The fourth-order valence-corrected chi connectivity index (χ4v) is 9.68. The highest BCUT2D eigenvalue weighted by molar-refractivity contribution is 7.86. The number of carboxylic acid groups (broad SMARTS) is 1. The Morgan fingerprint density at radius 1 is 0.536 bits per heavy atom. The summed E-state index contributed by atoms with van der Waals surface area (Å²) in [5.41, 5.74) is 0.814. The number of aryl methyl sites for hydroxylation is 6. The average Bonchev–Trinajstić information content (AvgIpc) is 1.80. The van der Waals surface area contributed by atoms with Gasteiger partial charge in [0.25, 0.3) is 0 Å². The van der Waals surface area contributed by atoms with E-state index in [1.807, 2.05) is 77.8 Å². The summed E-state index contributed by atoms with van der Waals surface area (Å²) >= 11 is 0. The summed E-state index contributed by atoms with van der Waals surface area (Å²) in [5, 5.41) is 11.2. The number of halogens is 3. The SMILES string of the molecule is C.Cc1cc(C(=O)O)cc(C)c1OC(=O)c1c2ccccc2[n+](C)c2ccc(OP(=O)(O)O)cc12.Cc1cc(C(=O)OCc2ccccc2)cc(C)c1OC(=O)c1c2ccccc2[n+](C)c2ccc(OP(=O)(O)O)cc12.O=S(=O)([O-])C(F)(F)F. The molecule has 0 saturated carbocycles. The number of fused-ring (bicyclic) bond motifs is 4. The zero-order valence-corrected chi connectivity index (χ0v) is 46.9. The molecule has 0 aliphatic heterocycles. The predicted octanol–water partition coefficient (Wildman–Crippen LogP) is 9.99. The molecule has 0 amide bonds. The van der Waals surface area contributed by atoms with Gasteiger partial charge in [-0.05, 0) is 116 Å². The van der Waals surface area contributed by atoms with Crippen LogP contribution in [0.4, 0.5) is 13.2 Å². The number of esters is 3. The van der Waals surface area contributed by atoms with Crippen LogP contribution in [0.25, 0.3) is 43.6 Å². The van der Waals surface area contributed by atoms with E-state index in [9.17, 15) is 66.2 Å². The fraction of sp³-hybridized carbons (Fsp3) is 0.158. The highest BCUT2D eigenvalue weighted by Gasteiger charge is 2.37. The number of aromatic nitrogens is 2. The monoisotopic (exact) mass is 1220 g/mol. The Balaban J connectivity index is 0.000000239. The number of hydrogen-bond acceptors (Lipinski definition) is 14. The van der Waals surface area contributed by atoms with Crippen LogP contribution in [0.3, 0.4) is 0 Å². The van der Waals surface area contributed by atoms with E-state index in [0.717, 1.165) is 16.6 Å². The van der Waals surface area contributed by atoms with Crippen molar-refractivity contribution in [3.8, 4) is 23.0 Å². The van der Waals surface area contributed by atoms with E-state index in [1.165, 1.54) is 36.4 Å². The fourth-order valence-electron chi connectivity index (χ4n) is 8.91. The maximum absolute atomic E-state index is 13.8. The van der Waals surface area contributed by atoms with Crippen LogP contribution in [-0.2, 0) is 44.7 Å². The molecule has 2 heterocycles. The van der Waals surface area contributed by atoms with Gasteiger partial charge in [-0.2, -0.15) is 22.3 Å². The van der Waals surface area contributed by atoms with E-state index in [4.69, 9.17) is 36.2 Å². The van der Waals surface area contributed by atoms with Crippen molar-refractivity contribution in [2.45, 2.75) is 47.2 Å². The second-order valence-corrected chi connectivity index (χ2v) is 22.0. The number of carbonyl (C=O) groups is 4. The molecule has 0 atom stereocenters. The first-order valence-electron chi connectivity index (χ1n) is 24.1. The largest absolute Gasteiger partial charge is 0.741 e. The number of pyridine rings is 2. The predicted molar refractivity (Wildman–Crippen MR) is 297 cm³/mol. The van der Waals surface area contributed by atoms with Crippen LogP contribution in [0.1, 0.15) is 76.7 Å². The molecule has 84 heavy (non-hydrogen) atoms. The second-order valence-electron chi connectivity index (χ2n) is 18.3. The molecule has 0 fully saturated rings. The van der Waals surface area contributed by atoms with Crippen LogP contribution in [0, 0.1) is 27.7 Å². The third-order valence-electron chi connectivity index (χ3n) is 12.4. The zero-order chi connectivity index (χ0) is 61.1. The van der Waals surface area contributed by atoms with Gasteiger partial charge in [-0.1, -0.05) is 62.0 Å². The maximum atomic E-state index is 13.8. The molecular weight excluding hydrogens is 1170 g/mol. The number of phosphoric acid groups is 2. The molecule has 0 aliphatic carbocycles. The normalized spacial score (nSPS) is 11.6. The van der Waals surface area contributed by atoms with Crippen molar-refractivity contribution in [1.29, 1.82) is 0 Å². The summed E-state index contributed by atoms with van der Waals surface area (Å²) in [5.74, 6) is -2.64. The summed E-state index contributed by atoms with van der Waals surface area (Å²) < 4.78 is 112. The van der Waals surface area contributed by atoms with Gasteiger partial charge < -0.3 is 32.9 Å². The van der Waals surface area contributed by atoms with Gasteiger partial charge in [0.05, 0.1) is 43.8 Å². The van der Waals surface area contributed by atoms with Crippen LogP contribution in [0.5, 0.6) is 23.0 Å². The standard InChI is InChI=1S/C31H26NO8P.C24H20NO8P.CHF3O3S.CH4/c1-19-15-22(30(33)38-18-21-9-5-4-6-10-21)16-20(2)29(19)39-31(34)28-24-11-7-8-12-26(24)32(3)27-14-13-23(17-25(27)28)40-41(35,36)37;1-13-10-15(23(26)27)11-14(2)22(13)32-24(28)21-17-6-4-5-7-19(17)25(3)20-9-8-16(12-18(20)21)33-34(29,30)31;2-1(3,4)8(5,6)7;/h4-17H,18H2,1-3H3,(H-,35,36,37);4-12H,1-3H3,(H2-,26,27,29,30,31);(H,5,6,7);1H4/p+1. The third kappa shape index (κ3) is 15.1. The summed E-state index contributed by atoms with van der Waals surface area (Å²) in [6.07, 6.45) is 0. The molecule has 21 nitrogen and oxygen atoms in total. The van der Waals surface area contributed by atoms with Crippen molar-refractivity contribution in [2.24, 2.45) is 14.1 Å². The maximum Gasteiger partial charge on any atom is 0.524 e. The van der Waals surface area contributed by atoms with Gasteiger partial charge >= 0.3 is 45.0 Å². The van der Waals surface area contributed by atoms with Gasteiger partial charge in [0.15, 0.2) is 10.1 Å². The molecule has 5 N–H and O–H groups in total. The highest BCUT2D eigenvalue weighted by Crippen LogP contribution is 2.41. The Labute approximate surface area is 476 Å². The van der Waals surface area contributed by atoms with E-state index >= 15 is 0 Å². The van der Waals surface area contributed by atoms with Gasteiger partial charge in [-0.25, -0.2) is 36.7 Å². The van der Waals surface area contributed by atoms with Crippen molar-refractivity contribution < 1.29 is 112 Å². The molecule has 0 bridgehead atoms. The number of aromatic carboxylic acids is 1. The number of benzene rings is 7. The summed E-state index contributed by atoms with van der Waals surface area (Å²) in [7, 11) is -12.1. The summed E-state index contributed by atoms with van der Waals surface area (Å²) in [6, 6.07) is 38.7. The van der Waals surface area contributed by atoms with Crippen LogP contribution in [-0.4, -0.2) is 67.0 Å². The van der Waals surface area contributed by atoms with E-state index < -0.39 is 55.1 Å². The first-order chi connectivity index (χ1) is 38.7. The highest BCUT2D eigenvalue weighted by atomic mass is 32.2. The Hall–Kier alpha value is -8.64. The second kappa shape index (κ2) is 25.5. The van der Waals surface area contributed by atoms with E-state index in [-0.39, 0.29) is 48.0 Å². The molecular formula is C57H52F3N2O19P2S+. The molecule has 0 radical (unpaired) electrons. The minimum Gasteiger partial charge on any atom is -0.741 e. The molecule has 440 valence electrons. The lowest BCUT2D eigenvalue weighted by Crippen LogP contribution is -2.31. The summed E-state index contributed by atoms with van der Waals surface area (Å²) in [6.45, 7) is 6.89. The van der Waals surface area contributed by atoms with Crippen LogP contribution in [0.15, 0.2) is 140 Å². The quantitative estimate of drug-likeness (QED) is 0.0144. The number of hydrogen-bond donors (Lipinski definition) is 5. The lowest BCUT2D eigenvalue weighted by molar-refractivity contribution is -0.617. The number of ether oxygens (including phenoxy) is 3.